The van der Waals surface area contributed by atoms with Crippen molar-refractivity contribution in [2.45, 2.75) is 13.8 Å². The molecular weight excluding hydrogens is 102 g/mol. The largest absolute Gasteiger partial charge is 0.392 e. The molecule has 0 radical (unpaired) electrons. The van der Waals surface area contributed by atoms with Crippen LogP contribution in [-0.2, 0) is 4.79 Å². The lowest BCUT2D eigenvalue weighted by atomic mass is 10.3. The van der Waals surface area contributed by atoms with Crippen molar-refractivity contribution in [2.75, 3.05) is 7.05 Å². The zero-order valence-corrected chi connectivity index (χ0v) is 5.49. The van der Waals surface area contributed by atoms with Crippen LogP contribution in [0.4, 0.5) is 0 Å². The molecule has 0 aliphatic carbocycles. The Bertz CT molecular complexity index is 116. The molecule has 0 aromatic carbocycles. The fourth-order valence-corrected chi connectivity index (χ4v) is 0.377. The smallest absolute Gasteiger partial charge is 0.154 e. The lowest BCUT2D eigenvalue weighted by Gasteiger charge is -1.93. The molecule has 0 aromatic rings. The van der Waals surface area contributed by atoms with Crippen LogP contribution in [0.1, 0.15) is 13.8 Å². The highest BCUT2D eigenvalue weighted by Gasteiger charge is 1.84. The summed E-state index contributed by atoms with van der Waals surface area (Å²) in [4.78, 5) is 10.3. The zero-order valence-electron chi connectivity index (χ0n) is 5.49. The van der Waals surface area contributed by atoms with Gasteiger partial charge in [-0.15, -0.1) is 0 Å². The molecule has 0 rings (SSSR count). The van der Waals surface area contributed by atoms with Gasteiger partial charge in [-0.25, -0.2) is 0 Å². The molecule has 2 nitrogen and oxygen atoms in total. The van der Waals surface area contributed by atoms with Crippen LogP contribution >= 0.6 is 0 Å². The maximum Gasteiger partial charge on any atom is 0.154 e. The standard InChI is InChI=1S/C6H11NO/c1-5(7-3)4-6(2)8/h4,7H,1-3H3/b5-4-. The predicted molar refractivity (Wildman–Crippen MR) is 33.5 cm³/mol. The predicted octanol–water partition coefficient (Wildman–Crippen LogP) is 0.699. The van der Waals surface area contributed by atoms with Crippen molar-refractivity contribution >= 4 is 5.78 Å². The van der Waals surface area contributed by atoms with Crippen LogP contribution in [0.2, 0.25) is 0 Å². The topological polar surface area (TPSA) is 29.1 Å². The van der Waals surface area contributed by atoms with E-state index in [0.717, 1.165) is 5.70 Å². The first-order valence-electron chi connectivity index (χ1n) is 2.53. The highest BCUT2D eigenvalue weighted by Crippen LogP contribution is 1.82. The summed E-state index contributed by atoms with van der Waals surface area (Å²) in [6.45, 7) is 3.38. The van der Waals surface area contributed by atoms with E-state index in [1.54, 1.807) is 13.1 Å². The second kappa shape index (κ2) is 3.24. The number of carbonyl (C=O) groups is 1. The van der Waals surface area contributed by atoms with Crippen LogP contribution in [0.3, 0.4) is 0 Å². The zero-order chi connectivity index (χ0) is 6.57. The Labute approximate surface area is 49.6 Å². The quantitative estimate of drug-likeness (QED) is 0.534. The molecule has 0 aromatic heterocycles. The van der Waals surface area contributed by atoms with E-state index in [1.165, 1.54) is 6.92 Å². The van der Waals surface area contributed by atoms with Crippen LogP contribution in [0.15, 0.2) is 11.8 Å². The maximum absolute atomic E-state index is 10.3. The van der Waals surface area contributed by atoms with Gasteiger partial charge in [0.2, 0.25) is 0 Å². The number of hydrogen-bond acceptors (Lipinski definition) is 2. The molecule has 0 bridgehead atoms. The summed E-state index contributed by atoms with van der Waals surface area (Å²) in [6.07, 6.45) is 1.56. The summed E-state index contributed by atoms with van der Waals surface area (Å²) in [5.74, 6) is 0.0804. The van der Waals surface area contributed by atoms with Gasteiger partial charge in [0.15, 0.2) is 5.78 Å². The molecule has 0 saturated heterocycles. The average molecular weight is 113 g/mol. The van der Waals surface area contributed by atoms with E-state index < -0.39 is 0 Å². The number of rotatable bonds is 2. The fourth-order valence-electron chi connectivity index (χ4n) is 0.377. The first-order chi connectivity index (χ1) is 3.66. The monoisotopic (exact) mass is 113 g/mol. The number of ketones is 1. The first kappa shape index (κ1) is 7.21. The second-order valence-electron chi connectivity index (χ2n) is 1.69. The van der Waals surface area contributed by atoms with Crippen LogP contribution in [0.5, 0.6) is 0 Å². The Morgan fingerprint density at radius 3 is 2.12 bits per heavy atom. The molecule has 0 unspecified atom stereocenters. The number of hydrogen-bond donors (Lipinski definition) is 1. The van der Waals surface area contributed by atoms with Crippen molar-refractivity contribution in [3.8, 4) is 0 Å². The Morgan fingerprint density at radius 1 is 1.50 bits per heavy atom. The molecule has 1 N–H and O–H groups in total. The summed E-state index contributed by atoms with van der Waals surface area (Å²) in [5.41, 5.74) is 0.900. The van der Waals surface area contributed by atoms with E-state index in [9.17, 15) is 4.79 Å². The minimum Gasteiger partial charge on any atom is -0.392 e. The van der Waals surface area contributed by atoms with E-state index in [-0.39, 0.29) is 5.78 Å². The van der Waals surface area contributed by atoms with E-state index in [0.29, 0.717) is 0 Å². The molecular formula is C6H11NO. The third-order valence-corrected chi connectivity index (χ3v) is 0.814. The van der Waals surface area contributed by atoms with Gasteiger partial charge in [0.1, 0.15) is 0 Å². The van der Waals surface area contributed by atoms with Crippen LogP contribution in [0, 0.1) is 0 Å². The SMILES string of the molecule is CN/C(C)=C\C(C)=O. The molecule has 0 atom stereocenters. The molecule has 2 heteroatoms. The minimum atomic E-state index is 0.0804. The Morgan fingerprint density at radius 2 is 2.00 bits per heavy atom. The third kappa shape index (κ3) is 3.40. The van der Waals surface area contributed by atoms with Gasteiger partial charge in [-0.1, -0.05) is 0 Å². The maximum atomic E-state index is 10.3. The fraction of sp³-hybridized carbons (Fsp3) is 0.500. The molecule has 0 amide bonds. The average Bonchev–Trinajstić information content (AvgIpc) is 1.65. The molecule has 8 heavy (non-hydrogen) atoms. The summed E-state index contributed by atoms with van der Waals surface area (Å²) < 4.78 is 0. The van der Waals surface area contributed by atoms with Crippen molar-refractivity contribution in [2.24, 2.45) is 0 Å². The first-order valence-corrected chi connectivity index (χ1v) is 2.53. The van der Waals surface area contributed by atoms with Crippen LogP contribution in [0.25, 0.3) is 0 Å². The van der Waals surface area contributed by atoms with E-state index in [1.807, 2.05) is 6.92 Å². The summed E-state index contributed by atoms with van der Waals surface area (Å²) in [6, 6.07) is 0. The van der Waals surface area contributed by atoms with Gasteiger partial charge in [-0.05, 0) is 19.9 Å². The van der Waals surface area contributed by atoms with Gasteiger partial charge in [0.05, 0.1) is 0 Å². The minimum absolute atomic E-state index is 0.0804. The summed E-state index contributed by atoms with van der Waals surface area (Å²) in [5, 5.41) is 2.84. The Hall–Kier alpha value is -0.790. The highest BCUT2D eigenvalue weighted by atomic mass is 16.1. The molecule has 0 heterocycles. The number of nitrogens with one attached hydrogen (secondary N) is 1. The van der Waals surface area contributed by atoms with E-state index in [2.05, 4.69) is 5.32 Å². The Kier molecular flexibility index (Phi) is 2.92. The van der Waals surface area contributed by atoms with Gasteiger partial charge in [0.25, 0.3) is 0 Å². The lowest BCUT2D eigenvalue weighted by Crippen LogP contribution is -2.02. The molecule has 0 aliphatic heterocycles. The van der Waals surface area contributed by atoms with E-state index >= 15 is 0 Å². The third-order valence-electron chi connectivity index (χ3n) is 0.814. The lowest BCUT2D eigenvalue weighted by molar-refractivity contribution is -0.112. The summed E-state index contributed by atoms with van der Waals surface area (Å²) >= 11 is 0. The molecule has 0 saturated carbocycles. The highest BCUT2D eigenvalue weighted by molar-refractivity contribution is 5.87. The van der Waals surface area contributed by atoms with Gasteiger partial charge in [-0.2, -0.15) is 0 Å². The van der Waals surface area contributed by atoms with Gasteiger partial charge >= 0.3 is 0 Å². The van der Waals surface area contributed by atoms with Crippen molar-refractivity contribution in [1.29, 1.82) is 0 Å². The van der Waals surface area contributed by atoms with Crippen LogP contribution < -0.4 is 5.32 Å². The molecule has 0 fully saturated rings. The normalized spacial score (nSPS) is 11.1. The van der Waals surface area contributed by atoms with Gasteiger partial charge < -0.3 is 5.32 Å². The summed E-state index contributed by atoms with van der Waals surface area (Å²) in [7, 11) is 1.79. The van der Waals surface area contributed by atoms with Crippen molar-refractivity contribution in [3.63, 3.8) is 0 Å². The van der Waals surface area contributed by atoms with Gasteiger partial charge in [-0.3, -0.25) is 4.79 Å². The molecule has 46 valence electrons. The molecule has 0 aliphatic rings. The van der Waals surface area contributed by atoms with Gasteiger partial charge in [0, 0.05) is 12.7 Å². The number of allylic oxidation sites excluding steroid dienone is 2. The number of carbonyl (C=O) groups excluding carboxylic acids is 1. The van der Waals surface area contributed by atoms with Crippen molar-refractivity contribution < 1.29 is 4.79 Å². The molecule has 0 spiro atoms. The Balaban J connectivity index is 3.75. The van der Waals surface area contributed by atoms with Crippen molar-refractivity contribution in [3.05, 3.63) is 11.8 Å². The van der Waals surface area contributed by atoms with Crippen molar-refractivity contribution in [1.82, 2.24) is 5.32 Å². The second-order valence-corrected chi connectivity index (χ2v) is 1.69. The van der Waals surface area contributed by atoms with Crippen LogP contribution in [-0.4, -0.2) is 12.8 Å². The van der Waals surface area contributed by atoms with E-state index in [4.69, 9.17) is 0 Å².